The maximum atomic E-state index is 9.04. The van der Waals surface area contributed by atoms with Gasteiger partial charge in [0.1, 0.15) is 12.2 Å². The zero-order chi connectivity index (χ0) is 7.56. The first-order valence-corrected chi connectivity index (χ1v) is 3.49. The molecule has 5 heteroatoms. The van der Waals surface area contributed by atoms with Crippen LogP contribution in [0.1, 0.15) is 0 Å². The Balaban J connectivity index is 2.38. The number of ether oxygens (including phenoxy) is 2. The first-order valence-electron chi connectivity index (χ1n) is 2.98. The molecule has 0 amide bonds. The summed E-state index contributed by atoms with van der Waals surface area (Å²) in [5.74, 6) is 0. The SMILES string of the molecule is OC[C@@H]1OC(S)OC[C@H]1O. The van der Waals surface area contributed by atoms with Crippen LogP contribution in [0.3, 0.4) is 0 Å². The molecule has 0 aromatic carbocycles. The monoisotopic (exact) mass is 166 g/mol. The highest BCUT2D eigenvalue weighted by Gasteiger charge is 2.27. The maximum absolute atomic E-state index is 9.04. The van der Waals surface area contributed by atoms with E-state index in [1.807, 2.05) is 0 Å². The smallest absolute Gasteiger partial charge is 0.204 e. The van der Waals surface area contributed by atoms with Crippen molar-refractivity contribution in [3.05, 3.63) is 0 Å². The molecule has 60 valence electrons. The molecule has 1 aliphatic heterocycles. The van der Waals surface area contributed by atoms with Gasteiger partial charge in [0, 0.05) is 0 Å². The Bertz CT molecular complexity index is 110. The Morgan fingerprint density at radius 1 is 1.60 bits per heavy atom. The molecule has 1 rings (SSSR count). The van der Waals surface area contributed by atoms with E-state index >= 15 is 0 Å². The van der Waals surface area contributed by atoms with E-state index in [0.29, 0.717) is 0 Å². The minimum Gasteiger partial charge on any atom is -0.394 e. The minimum absolute atomic E-state index is 0.166. The Hall–Kier alpha value is 0.190. The summed E-state index contributed by atoms with van der Waals surface area (Å²) in [6.45, 7) is -0.0407. The van der Waals surface area contributed by atoms with Gasteiger partial charge in [-0.25, -0.2) is 0 Å². The molecule has 3 atom stereocenters. The summed E-state index contributed by atoms with van der Waals surface area (Å²) in [7, 11) is 0. The Labute approximate surface area is 64.2 Å². The largest absolute Gasteiger partial charge is 0.394 e. The second kappa shape index (κ2) is 3.54. The van der Waals surface area contributed by atoms with Crippen LogP contribution in [0.2, 0.25) is 0 Å². The zero-order valence-corrected chi connectivity index (χ0v) is 6.20. The number of aliphatic hydroxyl groups excluding tert-OH is 2. The highest BCUT2D eigenvalue weighted by molar-refractivity contribution is 7.80. The first kappa shape index (κ1) is 8.29. The molecule has 1 aliphatic rings. The molecule has 1 heterocycles. The third-order valence-corrected chi connectivity index (χ3v) is 1.58. The van der Waals surface area contributed by atoms with E-state index in [0.717, 1.165) is 0 Å². The lowest BCUT2D eigenvalue weighted by atomic mass is 10.2. The number of thiol groups is 1. The predicted molar refractivity (Wildman–Crippen MR) is 36.7 cm³/mol. The van der Waals surface area contributed by atoms with Crippen molar-refractivity contribution in [1.29, 1.82) is 0 Å². The summed E-state index contributed by atoms with van der Waals surface area (Å²) in [5.41, 5.74) is -0.624. The maximum Gasteiger partial charge on any atom is 0.204 e. The van der Waals surface area contributed by atoms with Gasteiger partial charge in [-0.15, -0.1) is 12.6 Å². The predicted octanol–water partition coefficient (Wildman–Crippen LogP) is -1.03. The first-order chi connectivity index (χ1) is 4.74. The van der Waals surface area contributed by atoms with Crippen LogP contribution in [0.25, 0.3) is 0 Å². The van der Waals surface area contributed by atoms with E-state index in [-0.39, 0.29) is 13.2 Å². The quantitative estimate of drug-likeness (QED) is 0.436. The van der Waals surface area contributed by atoms with Gasteiger partial charge in [0.05, 0.1) is 13.2 Å². The summed E-state index contributed by atoms with van der Waals surface area (Å²) in [5, 5.41) is 17.6. The lowest BCUT2D eigenvalue weighted by molar-refractivity contribution is -0.219. The van der Waals surface area contributed by atoms with Crippen molar-refractivity contribution in [3.63, 3.8) is 0 Å². The van der Waals surface area contributed by atoms with Crippen LogP contribution in [-0.2, 0) is 9.47 Å². The van der Waals surface area contributed by atoms with Gasteiger partial charge in [-0.05, 0) is 0 Å². The standard InChI is InChI=1S/C5H10O4S/c6-1-4-3(7)2-8-5(10)9-4/h3-7,10H,1-2H2/t3-,4+,5?/m1/s1. The lowest BCUT2D eigenvalue weighted by Crippen LogP contribution is -2.43. The lowest BCUT2D eigenvalue weighted by Gasteiger charge is -2.30. The van der Waals surface area contributed by atoms with Crippen LogP contribution in [-0.4, -0.2) is 41.3 Å². The van der Waals surface area contributed by atoms with Crippen molar-refractivity contribution in [3.8, 4) is 0 Å². The molecule has 0 spiro atoms. The molecule has 10 heavy (non-hydrogen) atoms. The van der Waals surface area contributed by atoms with Crippen molar-refractivity contribution >= 4 is 12.6 Å². The summed E-state index contributed by atoms with van der Waals surface area (Å²) in [6, 6.07) is 0. The van der Waals surface area contributed by atoms with Crippen LogP contribution in [0, 0.1) is 0 Å². The molecule has 0 radical (unpaired) electrons. The average Bonchev–Trinajstić information content (AvgIpc) is 1.94. The topological polar surface area (TPSA) is 58.9 Å². The van der Waals surface area contributed by atoms with E-state index in [9.17, 15) is 0 Å². The summed E-state index contributed by atoms with van der Waals surface area (Å²) in [6.07, 6.45) is -1.30. The number of hydrogen-bond acceptors (Lipinski definition) is 5. The summed E-state index contributed by atoms with van der Waals surface area (Å²) in [4.78, 5) is 0. The van der Waals surface area contributed by atoms with Gasteiger partial charge in [0.25, 0.3) is 0 Å². The fraction of sp³-hybridized carbons (Fsp3) is 1.00. The average molecular weight is 166 g/mol. The van der Waals surface area contributed by atoms with Gasteiger partial charge in [-0.3, -0.25) is 0 Å². The Morgan fingerprint density at radius 3 is 2.80 bits per heavy atom. The van der Waals surface area contributed by atoms with E-state index in [4.69, 9.17) is 19.7 Å². The van der Waals surface area contributed by atoms with Gasteiger partial charge in [-0.2, -0.15) is 0 Å². The molecule has 1 saturated heterocycles. The molecule has 0 aromatic heterocycles. The van der Waals surface area contributed by atoms with Crippen LogP contribution in [0.5, 0.6) is 0 Å². The van der Waals surface area contributed by atoms with Crippen LogP contribution >= 0.6 is 12.6 Å². The van der Waals surface area contributed by atoms with Crippen LogP contribution in [0.4, 0.5) is 0 Å². The molecular formula is C5H10O4S. The van der Waals surface area contributed by atoms with E-state index < -0.39 is 17.8 Å². The summed E-state index contributed by atoms with van der Waals surface area (Å²) < 4.78 is 9.69. The van der Waals surface area contributed by atoms with Crippen LogP contribution < -0.4 is 0 Å². The highest BCUT2D eigenvalue weighted by Crippen LogP contribution is 2.14. The van der Waals surface area contributed by atoms with E-state index in [1.54, 1.807) is 0 Å². The minimum atomic E-state index is -0.742. The van der Waals surface area contributed by atoms with Gasteiger partial charge in [0.2, 0.25) is 5.62 Å². The van der Waals surface area contributed by atoms with Crippen molar-refractivity contribution < 1.29 is 19.7 Å². The third kappa shape index (κ3) is 1.83. The van der Waals surface area contributed by atoms with Crippen LogP contribution in [0.15, 0.2) is 0 Å². The second-order valence-corrected chi connectivity index (χ2v) is 2.49. The second-order valence-electron chi connectivity index (χ2n) is 2.06. The molecule has 0 aliphatic carbocycles. The normalized spacial score (nSPS) is 41.7. The highest BCUT2D eigenvalue weighted by atomic mass is 32.1. The molecular weight excluding hydrogens is 156 g/mol. The molecule has 2 N–H and O–H groups in total. The fourth-order valence-corrected chi connectivity index (χ4v) is 0.975. The van der Waals surface area contributed by atoms with Gasteiger partial charge >= 0.3 is 0 Å². The van der Waals surface area contributed by atoms with Crippen molar-refractivity contribution in [2.24, 2.45) is 0 Å². The molecule has 1 unspecified atom stereocenters. The number of hydrogen-bond donors (Lipinski definition) is 3. The third-order valence-electron chi connectivity index (χ3n) is 1.31. The molecule has 1 fully saturated rings. The van der Waals surface area contributed by atoms with Crippen molar-refractivity contribution in [2.45, 2.75) is 17.8 Å². The van der Waals surface area contributed by atoms with Gasteiger partial charge in [-0.1, -0.05) is 0 Å². The number of aliphatic hydroxyl groups is 2. The van der Waals surface area contributed by atoms with Gasteiger partial charge < -0.3 is 19.7 Å². The Kier molecular flexibility index (Phi) is 2.94. The van der Waals surface area contributed by atoms with Gasteiger partial charge in [0.15, 0.2) is 0 Å². The molecule has 4 nitrogen and oxygen atoms in total. The Morgan fingerprint density at radius 2 is 2.30 bits per heavy atom. The zero-order valence-electron chi connectivity index (χ0n) is 5.30. The number of rotatable bonds is 1. The van der Waals surface area contributed by atoms with E-state index in [2.05, 4.69) is 12.6 Å². The molecule has 0 saturated carbocycles. The van der Waals surface area contributed by atoms with Crippen molar-refractivity contribution in [1.82, 2.24) is 0 Å². The van der Waals surface area contributed by atoms with Crippen molar-refractivity contribution in [2.75, 3.05) is 13.2 Å². The molecule has 0 aromatic rings. The fourth-order valence-electron chi connectivity index (χ4n) is 0.732. The summed E-state index contributed by atoms with van der Waals surface area (Å²) >= 11 is 3.85. The van der Waals surface area contributed by atoms with E-state index in [1.165, 1.54) is 0 Å². The molecule has 0 bridgehead atoms.